The fraction of sp³-hybridized carbons (Fsp3) is 0.143. The van der Waals surface area contributed by atoms with Gasteiger partial charge in [-0.3, -0.25) is 9.59 Å². The van der Waals surface area contributed by atoms with E-state index in [9.17, 15) is 9.59 Å². The molecule has 0 aliphatic carbocycles. The molecule has 0 atom stereocenters. The molecule has 1 aromatic carbocycles. The van der Waals surface area contributed by atoms with Crippen molar-refractivity contribution in [2.45, 2.75) is 12.8 Å². The minimum absolute atomic E-state index is 0.207. The second-order valence-electron chi connectivity index (χ2n) is 3.76. The molecule has 2 N–H and O–H groups in total. The van der Waals surface area contributed by atoms with Gasteiger partial charge in [-0.15, -0.1) is 0 Å². The first kappa shape index (κ1) is 13.7. The fourth-order valence-electron chi connectivity index (χ4n) is 1.84. The highest BCUT2D eigenvalue weighted by Gasteiger charge is 2.14. The van der Waals surface area contributed by atoms with Crippen LogP contribution in [-0.4, -0.2) is 22.2 Å². The number of rotatable bonds is 6. The molecule has 0 heterocycles. The molecular weight excluding hydrogens is 232 g/mol. The van der Waals surface area contributed by atoms with Gasteiger partial charge < -0.3 is 10.2 Å². The molecular formula is C14H14O4. The maximum atomic E-state index is 10.9. The van der Waals surface area contributed by atoms with Gasteiger partial charge in [0.15, 0.2) is 0 Å². The maximum absolute atomic E-state index is 10.9. The van der Waals surface area contributed by atoms with Crippen molar-refractivity contribution >= 4 is 24.1 Å². The molecule has 0 radical (unpaired) electrons. The third-order valence-corrected chi connectivity index (χ3v) is 2.58. The van der Waals surface area contributed by atoms with Gasteiger partial charge in [0, 0.05) is 0 Å². The van der Waals surface area contributed by atoms with Crippen LogP contribution in [0.3, 0.4) is 0 Å². The second-order valence-corrected chi connectivity index (χ2v) is 3.76. The predicted molar refractivity (Wildman–Crippen MR) is 69.3 cm³/mol. The van der Waals surface area contributed by atoms with Crippen molar-refractivity contribution in [1.82, 2.24) is 0 Å². The summed E-state index contributed by atoms with van der Waals surface area (Å²) in [5.41, 5.74) is 2.35. The zero-order valence-corrected chi connectivity index (χ0v) is 9.85. The van der Waals surface area contributed by atoms with Crippen LogP contribution in [-0.2, 0) is 22.4 Å². The topological polar surface area (TPSA) is 74.6 Å². The summed E-state index contributed by atoms with van der Waals surface area (Å²) in [6.45, 7) is 7.28. The third kappa shape index (κ3) is 3.07. The Balaban J connectivity index is 3.42. The molecule has 0 aliphatic rings. The van der Waals surface area contributed by atoms with Gasteiger partial charge in [-0.05, 0) is 22.3 Å². The zero-order valence-electron chi connectivity index (χ0n) is 9.85. The van der Waals surface area contributed by atoms with E-state index >= 15 is 0 Å². The molecule has 0 amide bonds. The SMILES string of the molecule is C=Cc1ccc(CC(=O)O)c(CC(=O)O)c1C=C. The Bertz CT molecular complexity index is 515. The van der Waals surface area contributed by atoms with Gasteiger partial charge in [-0.2, -0.15) is 0 Å². The van der Waals surface area contributed by atoms with E-state index in [-0.39, 0.29) is 12.8 Å². The Kier molecular flexibility index (Phi) is 4.43. The Hall–Kier alpha value is -2.36. The quantitative estimate of drug-likeness (QED) is 0.807. The summed E-state index contributed by atoms with van der Waals surface area (Å²) in [4.78, 5) is 21.6. The molecule has 0 saturated heterocycles. The van der Waals surface area contributed by atoms with Crippen LogP contribution >= 0.6 is 0 Å². The number of benzene rings is 1. The highest BCUT2D eigenvalue weighted by atomic mass is 16.4. The van der Waals surface area contributed by atoms with E-state index < -0.39 is 11.9 Å². The van der Waals surface area contributed by atoms with Crippen molar-refractivity contribution in [3.05, 3.63) is 47.5 Å². The molecule has 0 saturated carbocycles. The Labute approximate surface area is 105 Å². The molecule has 1 rings (SSSR count). The zero-order chi connectivity index (χ0) is 13.7. The van der Waals surface area contributed by atoms with Crippen molar-refractivity contribution in [3.8, 4) is 0 Å². The molecule has 4 heteroatoms. The number of carboxylic acids is 2. The van der Waals surface area contributed by atoms with Crippen LogP contribution in [0.15, 0.2) is 25.3 Å². The Morgan fingerprint density at radius 1 is 1.06 bits per heavy atom. The van der Waals surface area contributed by atoms with E-state index in [2.05, 4.69) is 13.2 Å². The first-order valence-electron chi connectivity index (χ1n) is 5.32. The highest BCUT2D eigenvalue weighted by molar-refractivity contribution is 5.79. The largest absolute Gasteiger partial charge is 0.481 e. The summed E-state index contributed by atoms with van der Waals surface area (Å²) in [7, 11) is 0. The molecule has 0 aromatic heterocycles. The van der Waals surface area contributed by atoms with Gasteiger partial charge in [0.1, 0.15) is 0 Å². The van der Waals surface area contributed by atoms with Crippen molar-refractivity contribution < 1.29 is 19.8 Å². The van der Waals surface area contributed by atoms with E-state index in [1.807, 2.05) is 0 Å². The van der Waals surface area contributed by atoms with Gasteiger partial charge in [-0.25, -0.2) is 0 Å². The van der Waals surface area contributed by atoms with Crippen LogP contribution in [0, 0.1) is 0 Å². The third-order valence-electron chi connectivity index (χ3n) is 2.58. The summed E-state index contributed by atoms with van der Waals surface area (Å²) in [6, 6.07) is 3.34. The average Bonchev–Trinajstić information content (AvgIpc) is 2.29. The Morgan fingerprint density at radius 3 is 2.11 bits per heavy atom. The van der Waals surface area contributed by atoms with Crippen LogP contribution in [0.25, 0.3) is 12.2 Å². The lowest BCUT2D eigenvalue weighted by Crippen LogP contribution is -2.10. The smallest absolute Gasteiger partial charge is 0.307 e. The summed E-state index contributed by atoms with van der Waals surface area (Å²) >= 11 is 0. The van der Waals surface area contributed by atoms with E-state index in [1.165, 1.54) is 6.08 Å². The lowest BCUT2D eigenvalue weighted by atomic mass is 9.92. The van der Waals surface area contributed by atoms with Crippen LogP contribution in [0.1, 0.15) is 22.3 Å². The van der Waals surface area contributed by atoms with Gasteiger partial charge in [0.25, 0.3) is 0 Å². The van der Waals surface area contributed by atoms with E-state index in [0.29, 0.717) is 16.7 Å². The number of aliphatic carboxylic acids is 2. The fourth-order valence-corrected chi connectivity index (χ4v) is 1.84. The first-order chi connectivity index (χ1) is 8.49. The summed E-state index contributed by atoms with van der Waals surface area (Å²) in [5, 5.41) is 17.7. The van der Waals surface area contributed by atoms with Gasteiger partial charge >= 0.3 is 11.9 Å². The van der Waals surface area contributed by atoms with E-state index in [4.69, 9.17) is 10.2 Å². The van der Waals surface area contributed by atoms with E-state index in [1.54, 1.807) is 18.2 Å². The molecule has 1 aromatic rings. The average molecular weight is 246 g/mol. The summed E-state index contributed by atoms with van der Waals surface area (Å²) < 4.78 is 0. The van der Waals surface area contributed by atoms with Crippen molar-refractivity contribution in [1.29, 1.82) is 0 Å². The van der Waals surface area contributed by atoms with Crippen LogP contribution in [0.2, 0.25) is 0 Å². The second kappa shape index (κ2) is 5.82. The lowest BCUT2D eigenvalue weighted by Gasteiger charge is -2.12. The number of carbonyl (C=O) groups is 2. The molecule has 94 valence electrons. The number of hydrogen-bond donors (Lipinski definition) is 2. The normalized spacial score (nSPS) is 9.78. The summed E-state index contributed by atoms with van der Waals surface area (Å²) in [6.07, 6.45) is 2.68. The molecule has 0 unspecified atom stereocenters. The Morgan fingerprint density at radius 2 is 1.67 bits per heavy atom. The summed E-state index contributed by atoms with van der Waals surface area (Å²) in [5.74, 6) is -2.01. The molecule has 0 aliphatic heterocycles. The number of carboxylic acid groups (broad SMARTS) is 2. The van der Waals surface area contributed by atoms with Crippen molar-refractivity contribution in [3.63, 3.8) is 0 Å². The van der Waals surface area contributed by atoms with Gasteiger partial charge in [0.2, 0.25) is 0 Å². The lowest BCUT2D eigenvalue weighted by molar-refractivity contribution is -0.137. The van der Waals surface area contributed by atoms with E-state index in [0.717, 1.165) is 5.56 Å². The highest BCUT2D eigenvalue weighted by Crippen LogP contribution is 2.23. The molecule has 4 nitrogen and oxygen atoms in total. The molecule has 0 spiro atoms. The first-order valence-corrected chi connectivity index (χ1v) is 5.32. The molecule has 0 fully saturated rings. The molecule has 18 heavy (non-hydrogen) atoms. The van der Waals surface area contributed by atoms with Crippen LogP contribution in [0.5, 0.6) is 0 Å². The van der Waals surface area contributed by atoms with Crippen molar-refractivity contribution in [2.24, 2.45) is 0 Å². The number of hydrogen-bond acceptors (Lipinski definition) is 2. The standard InChI is InChI=1S/C14H14O4/c1-3-9-5-6-10(7-13(15)16)12(8-14(17)18)11(9)4-2/h3-6H,1-2,7-8H2,(H,15,16)(H,17,18). The predicted octanol–water partition coefficient (Wildman–Crippen LogP) is 2.23. The van der Waals surface area contributed by atoms with Crippen molar-refractivity contribution in [2.75, 3.05) is 0 Å². The van der Waals surface area contributed by atoms with Gasteiger partial charge in [-0.1, -0.05) is 37.4 Å². The molecule has 0 bridgehead atoms. The minimum Gasteiger partial charge on any atom is -0.481 e. The van der Waals surface area contributed by atoms with Crippen LogP contribution in [0.4, 0.5) is 0 Å². The van der Waals surface area contributed by atoms with Crippen LogP contribution < -0.4 is 0 Å². The minimum atomic E-state index is -1.01. The monoisotopic (exact) mass is 246 g/mol. The van der Waals surface area contributed by atoms with Gasteiger partial charge in [0.05, 0.1) is 12.8 Å². The maximum Gasteiger partial charge on any atom is 0.307 e.